The van der Waals surface area contributed by atoms with Crippen LogP contribution in [0.1, 0.15) is 25.5 Å². The molecule has 0 spiro atoms. The zero-order valence-corrected chi connectivity index (χ0v) is 12.7. The topological polar surface area (TPSA) is 135 Å². The maximum atomic E-state index is 11.6. The monoisotopic (exact) mass is 329 g/mol. The van der Waals surface area contributed by atoms with Gasteiger partial charge in [-0.3, -0.25) is 10.1 Å². The summed E-state index contributed by atoms with van der Waals surface area (Å²) in [6.07, 6.45) is -2.72. The van der Waals surface area contributed by atoms with Gasteiger partial charge in [-0.15, -0.1) is 0 Å². The molecule has 128 valence electrons. The molecule has 1 aromatic rings. The van der Waals surface area contributed by atoms with E-state index in [9.17, 15) is 25.4 Å². The van der Waals surface area contributed by atoms with E-state index >= 15 is 0 Å². The van der Waals surface area contributed by atoms with E-state index in [0.717, 1.165) is 0 Å². The van der Waals surface area contributed by atoms with E-state index in [1.54, 1.807) is 13.8 Å². The van der Waals surface area contributed by atoms with Crippen LogP contribution in [0.3, 0.4) is 0 Å². The van der Waals surface area contributed by atoms with Gasteiger partial charge in [0.25, 0.3) is 6.04 Å². The third kappa shape index (κ3) is 2.36. The van der Waals surface area contributed by atoms with Gasteiger partial charge in [0, 0.05) is 4.92 Å². The average molecular weight is 329 g/mol. The van der Waals surface area contributed by atoms with Crippen LogP contribution in [0.2, 0.25) is 0 Å². The Balaban J connectivity index is 2.12. The number of rotatable bonds is 3. The predicted molar refractivity (Wildman–Crippen MR) is 74.1 cm³/mol. The highest BCUT2D eigenvalue weighted by molar-refractivity contribution is 5.21. The van der Waals surface area contributed by atoms with Crippen molar-refractivity contribution in [3.63, 3.8) is 0 Å². The molecule has 23 heavy (non-hydrogen) atoms. The lowest BCUT2D eigenvalue weighted by atomic mass is 9.68. The van der Waals surface area contributed by atoms with Gasteiger partial charge in [-0.1, -0.05) is 0 Å². The lowest BCUT2D eigenvalue weighted by molar-refractivity contribution is -0.549. The van der Waals surface area contributed by atoms with E-state index in [1.165, 1.54) is 18.4 Å². The molecule has 1 saturated carbocycles. The molecule has 6 atom stereocenters. The fraction of sp³-hybridized carbons (Fsp3) is 0.714. The molecule has 3 N–H and O–H groups in total. The van der Waals surface area contributed by atoms with Crippen LogP contribution in [0.4, 0.5) is 0 Å². The summed E-state index contributed by atoms with van der Waals surface area (Å²) < 4.78 is 16.4. The Kier molecular flexibility index (Phi) is 3.73. The van der Waals surface area contributed by atoms with Gasteiger partial charge < -0.3 is 29.2 Å². The fourth-order valence-electron chi connectivity index (χ4n) is 3.54. The summed E-state index contributed by atoms with van der Waals surface area (Å²) in [5.74, 6) is -2.24. The standard InChI is InChI=1S/C14H19NO8/c1-13(2)22-10-9(15(19)20)8(7-4-3-5-21-7)11(17)14(18,6-16)12(10)23-13/h3-5,8-12,16-18H,6H2,1-2H3/t8-,9-,10+,11-,12+,14+/m1/s1. The number of fused-ring (bicyclic) bond motifs is 1. The molecule has 0 amide bonds. The van der Waals surface area contributed by atoms with Crippen molar-refractivity contribution in [3.05, 3.63) is 34.3 Å². The van der Waals surface area contributed by atoms with Gasteiger partial charge in [0.1, 0.15) is 29.5 Å². The number of nitrogens with zero attached hydrogens (tertiary/aromatic N) is 1. The molecule has 0 aromatic carbocycles. The number of furan rings is 1. The molecule has 9 nitrogen and oxygen atoms in total. The van der Waals surface area contributed by atoms with Crippen molar-refractivity contribution < 1.29 is 34.1 Å². The minimum atomic E-state index is -2.11. The van der Waals surface area contributed by atoms with Gasteiger partial charge in [-0.25, -0.2) is 0 Å². The molecule has 2 fully saturated rings. The van der Waals surface area contributed by atoms with Crippen LogP contribution < -0.4 is 0 Å². The SMILES string of the molecule is CC1(C)O[C@H]2[C@H]([N+](=O)[O-])[C@@H](c3ccco3)[C@@H](O)[C@@](O)(CO)[C@H]2O1. The Morgan fingerprint density at radius 1 is 1.39 bits per heavy atom. The van der Waals surface area contributed by atoms with E-state index < -0.39 is 53.2 Å². The van der Waals surface area contributed by atoms with Crippen LogP contribution in [0.15, 0.2) is 22.8 Å². The number of aliphatic hydroxyl groups is 3. The largest absolute Gasteiger partial charge is 0.469 e. The van der Waals surface area contributed by atoms with Gasteiger partial charge in [0.15, 0.2) is 11.9 Å². The van der Waals surface area contributed by atoms with Crippen molar-refractivity contribution in [2.24, 2.45) is 0 Å². The second kappa shape index (κ2) is 5.25. The first kappa shape index (κ1) is 16.3. The molecule has 1 aliphatic heterocycles. The normalized spacial score (nSPS) is 42.4. The van der Waals surface area contributed by atoms with E-state index in [2.05, 4.69) is 0 Å². The van der Waals surface area contributed by atoms with Crippen molar-refractivity contribution in [3.8, 4) is 0 Å². The van der Waals surface area contributed by atoms with Crippen LogP contribution in [-0.2, 0) is 9.47 Å². The van der Waals surface area contributed by atoms with Gasteiger partial charge in [0.05, 0.1) is 12.9 Å². The van der Waals surface area contributed by atoms with Crippen molar-refractivity contribution in [1.29, 1.82) is 0 Å². The molecule has 0 bridgehead atoms. The Bertz CT molecular complexity index is 588. The highest BCUT2D eigenvalue weighted by Gasteiger charge is 2.69. The lowest BCUT2D eigenvalue weighted by Gasteiger charge is -2.45. The van der Waals surface area contributed by atoms with Crippen LogP contribution in [0.5, 0.6) is 0 Å². The molecule has 2 aliphatic rings. The highest BCUT2D eigenvalue weighted by atomic mass is 16.8. The molecule has 2 heterocycles. The molecule has 0 radical (unpaired) electrons. The fourth-order valence-corrected chi connectivity index (χ4v) is 3.54. The summed E-state index contributed by atoms with van der Waals surface area (Å²) in [7, 11) is 0. The van der Waals surface area contributed by atoms with Gasteiger partial charge in [-0.2, -0.15) is 0 Å². The maximum absolute atomic E-state index is 11.6. The molecule has 1 aromatic heterocycles. The first-order valence-electron chi connectivity index (χ1n) is 7.25. The average Bonchev–Trinajstić information content (AvgIpc) is 3.09. The van der Waals surface area contributed by atoms with Crippen molar-refractivity contribution in [1.82, 2.24) is 0 Å². The smallest absolute Gasteiger partial charge is 0.254 e. The summed E-state index contributed by atoms with van der Waals surface area (Å²) in [5.41, 5.74) is -2.11. The Labute approximate surface area is 131 Å². The zero-order valence-electron chi connectivity index (χ0n) is 12.7. The second-order valence-electron chi connectivity index (χ2n) is 6.43. The van der Waals surface area contributed by atoms with Crippen molar-refractivity contribution >= 4 is 0 Å². The second-order valence-corrected chi connectivity index (χ2v) is 6.43. The number of aliphatic hydroxyl groups excluding tert-OH is 2. The van der Waals surface area contributed by atoms with Gasteiger partial charge >= 0.3 is 0 Å². The molecular weight excluding hydrogens is 310 g/mol. The Hall–Kier alpha value is -1.52. The van der Waals surface area contributed by atoms with Crippen molar-refractivity contribution in [2.75, 3.05) is 6.61 Å². The summed E-state index contributed by atoms with van der Waals surface area (Å²) >= 11 is 0. The molecular formula is C14H19NO8. The molecule has 0 unspecified atom stereocenters. The van der Waals surface area contributed by atoms with Crippen molar-refractivity contribution in [2.45, 2.75) is 55.5 Å². The maximum Gasteiger partial charge on any atom is 0.254 e. The molecule has 1 saturated heterocycles. The van der Waals surface area contributed by atoms with Crippen LogP contribution >= 0.6 is 0 Å². The molecule has 1 aliphatic carbocycles. The summed E-state index contributed by atoms with van der Waals surface area (Å²) in [6, 6.07) is 1.61. The summed E-state index contributed by atoms with van der Waals surface area (Å²) in [5, 5.41) is 42.6. The first-order valence-corrected chi connectivity index (χ1v) is 7.25. The Morgan fingerprint density at radius 3 is 2.61 bits per heavy atom. The van der Waals surface area contributed by atoms with Crippen LogP contribution in [0, 0.1) is 10.1 Å². The number of nitro groups is 1. The molecule has 9 heteroatoms. The van der Waals surface area contributed by atoms with E-state index in [1.807, 2.05) is 0 Å². The summed E-state index contributed by atoms with van der Waals surface area (Å²) in [4.78, 5) is 11.1. The molecule has 3 rings (SSSR count). The number of hydrogen-bond acceptors (Lipinski definition) is 8. The quantitative estimate of drug-likeness (QED) is 0.505. The van der Waals surface area contributed by atoms with Gasteiger partial charge in [-0.05, 0) is 26.0 Å². The predicted octanol–water partition coefficient (Wildman–Crippen LogP) is -0.374. The lowest BCUT2D eigenvalue weighted by Crippen LogP contribution is -2.69. The third-order valence-electron chi connectivity index (χ3n) is 4.55. The van der Waals surface area contributed by atoms with Crippen LogP contribution in [0.25, 0.3) is 0 Å². The third-order valence-corrected chi connectivity index (χ3v) is 4.55. The van der Waals surface area contributed by atoms with E-state index in [4.69, 9.17) is 13.9 Å². The van der Waals surface area contributed by atoms with E-state index in [-0.39, 0.29) is 5.76 Å². The van der Waals surface area contributed by atoms with Gasteiger partial charge in [0.2, 0.25) is 0 Å². The van der Waals surface area contributed by atoms with E-state index in [0.29, 0.717) is 0 Å². The number of hydrogen-bond donors (Lipinski definition) is 3. The Morgan fingerprint density at radius 2 is 2.09 bits per heavy atom. The zero-order chi connectivity index (χ0) is 17.0. The highest BCUT2D eigenvalue weighted by Crippen LogP contribution is 2.48. The van der Waals surface area contributed by atoms with Crippen LogP contribution in [-0.4, -0.2) is 62.6 Å². The number of ether oxygens (including phenoxy) is 2. The summed E-state index contributed by atoms with van der Waals surface area (Å²) in [6.45, 7) is 2.26. The minimum Gasteiger partial charge on any atom is -0.469 e. The first-order chi connectivity index (χ1) is 10.7. The minimum absolute atomic E-state index is 0.137.